The van der Waals surface area contributed by atoms with Crippen LogP contribution in [0.5, 0.6) is 11.5 Å². The normalized spacial score (nSPS) is 10.7. The lowest BCUT2D eigenvalue weighted by molar-refractivity contribution is 0.111. The number of benzene rings is 1. The SMILES string of the molecule is CCCCc1nnc(SCCCOc2c(C=O)cccc2OC)n1CC. The van der Waals surface area contributed by atoms with Gasteiger partial charge in [-0.1, -0.05) is 31.2 Å². The number of nitrogens with zero attached hydrogens (tertiary/aromatic N) is 3. The van der Waals surface area contributed by atoms with Crippen LogP contribution in [0.1, 0.15) is 49.3 Å². The van der Waals surface area contributed by atoms with Gasteiger partial charge in [-0.05, 0) is 31.9 Å². The molecule has 0 fully saturated rings. The quantitative estimate of drug-likeness (QED) is 0.316. The molecule has 6 nitrogen and oxygen atoms in total. The van der Waals surface area contributed by atoms with Gasteiger partial charge in [0, 0.05) is 18.7 Å². The molecule has 0 amide bonds. The number of carbonyl (C=O) groups is 1. The van der Waals surface area contributed by atoms with E-state index in [9.17, 15) is 4.79 Å². The van der Waals surface area contributed by atoms with E-state index in [2.05, 4.69) is 28.6 Å². The molecule has 1 aromatic heterocycles. The van der Waals surface area contributed by atoms with Crippen molar-refractivity contribution < 1.29 is 14.3 Å². The number of aldehydes is 1. The zero-order chi connectivity index (χ0) is 18.8. The van der Waals surface area contributed by atoms with E-state index in [0.717, 1.165) is 55.2 Å². The highest BCUT2D eigenvalue weighted by Gasteiger charge is 2.12. The van der Waals surface area contributed by atoms with Crippen LogP contribution in [-0.4, -0.2) is 40.5 Å². The van der Waals surface area contributed by atoms with E-state index in [1.807, 2.05) is 0 Å². The minimum atomic E-state index is 0.503. The molecule has 0 radical (unpaired) electrons. The Bertz CT molecular complexity index is 703. The molecule has 0 aliphatic carbocycles. The van der Waals surface area contributed by atoms with Gasteiger partial charge in [0.25, 0.3) is 0 Å². The molecule has 0 aliphatic heterocycles. The van der Waals surface area contributed by atoms with Crippen LogP contribution < -0.4 is 9.47 Å². The molecule has 0 saturated heterocycles. The Hall–Kier alpha value is -2.02. The monoisotopic (exact) mass is 377 g/mol. The first-order valence-electron chi connectivity index (χ1n) is 9.04. The molecule has 1 heterocycles. The molecule has 0 atom stereocenters. The molecule has 7 heteroatoms. The van der Waals surface area contributed by atoms with Gasteiger partial charge in [0.2, 0.25) is 0 Å². The number of thioether (sulfide) groups is 1. The summed E-state index contributed by atoms with van der Waals surface area (Å²) in [7, 11) is 1.57. The molecule has 0 unspecified atom stereocenters. The number of ether oxygens (including phenoxy) is 2. The van der Waals surface area contributed by atoms with Crippen molar-refractivity contribution in [1.82, 2.24) is 14.8 Å². The lowest BCUT2D eigenvalue weighted by Gasteiger charge is -2.12. The average Bonchev–Trinajstić information content (AvgIpc) is 3.07. The summed E-state index contributed by atoms with van der Waals surface area (Å²) in [4.78, 5) is 11.2. The summed E-state index contributed by atoms with van der Waals surface area (Å²) in [6, 6.07) is 5.29. The second-order valence-corrected chi connectivity index (χ2v) is 6.86. The van der Waals surface area contributed by atoms with Crippen LogP contribution in [0, 0.1) is 0 Å². The third-order valence-corrected chi connectivity index (χ3v) is 5.04. The zero-order valence-electron chi connectivity index (χ0n) is 15.7. The summed E-state index contributed by atoms with van der Waals surface area (Å²) in [6.45, 7) is 5.70. The smallest absolute Gasteiger partial charge is 0.191 e. The second kappa shape index (κ2) is 10.9. The van der Waals surface area contributed by atoms with E-state index in [4.69, 9.17) is 9.47 Å². The first-order chi connectivity index (χ1) is 12.7. The van der Waals surface area contributed by atoms with E-state index < -0.39 is 0 Å². The number of rotatable bonds is 12. The van der Waals surface area contributed by atoms with Crippen molar-refractivity contribution in [3.8, 4) is 11.5 Å². The summed E-state index contributed by atoms with van der Waals surface area (Å²) < 4.78 is 13.2. The highest BCUT2D eigenvalue weighted by atomic mass is 32.2. The van der Waals surface area contributed by atoms with Gasteiger partial charge in [0.05, 0.1) is 19.3 Å². The van der Waals surface area contributed by atoms with Crippen LogP contribution in [0.15, 0.2) is 23.4 Å². The maximum absolute atomic E-state index is 11.2. The van der Waals surface area contributed by atoms with Crippen LogP contribution in [0.4, 0.5) is 0 Å². The molecule has 2 aromatic rings. The van der Waals surface area contributed by atoms with Crippen LogP contribution in [-0.2, 0) is 13.0 Å². The molecule has 26 heavy (non-hydrogen) atoms. The Kier molecular flexibility index (Phi) is 8.47. The Balaban J connectivity index is 1.85. The van der Waals surface area contributed by atoms with Crippen LogP contribution in [0.25, 0.3) is 0 Å². The standard InChI is InChI=1S/C19H27N3O3S/c1-4-6-11-17-20-21-19(22(17)5-2)26-13-8-12-25-18-15(14-23)9-7-10-16(18)24-3/h7,9-10,14H,4-6,8,11-13H2,1-3H3. The molecule has 142 valence electrons. The summed E-state index contributed by atoms with van der Waals surface area (Å²) in [5, 5.41) is 9.60. The van der Waals surface area contributed by atoms with Crippen LogP contribution in [0.2, 0.25) is 0 Å². The highest BCUT2D eigenvalue weighted by molar-refractivity contribution is 7.99. The molecule has 0 spiro atoms. The minimum absolute atomic E-state index is 0.503. The van der Waals surface area contributed by atoms with Crippen molar-refractivity contribution in [2.75, 3.05) is 19.5 Å². The molecule has 0 bridgehead atoms. The van der Waals surface area contributed by atoms with Gasteiger partial charge in [0.1, 0.15) is 5.82 Å². The Morgan fingerprint density at radius 3 is 2.77 bits per heavy atom. The molecular formula is C19H27N3O3S. The average molecular weight is 378 g/mol. The molecule has 0 aliphatic rings. The summed E-state index contributed by atoms with van der Waals surface area (Å²) >= 11 is 1.69. The Morgan fingerprint density at radius 1 is 1.23 bits per heavy atom. The topological polar surface area (TPSA) is 66.2 Å². The van der Waals surface area contributed by atoms with Gasteiger partial charge in [-0.25, -0.2) is 0 Å². The molecule has 0 saturated carbocycles. The summed E-state index contributed by atoms with van der Waals surface area (Å²) in [5.41, 5.74) is 0.503. The lowest BCUT2D eigenvalue weighted by Crippen LogP contribution is -2.05. The minimum Gasteiger partial charge on any atom is -0.493 e. The number of aromatic nitrogens is 3. The fraction of sp³-hybridized carbons (Fsp3) is 0.526. The number of unbranched alkanes of at least 4 members (excludes halogenated alkanes) is 1. The van der Waals surface area contributed by atoms with Crippen LogP contribution >= 0.6 is 11.8 Å². The number of carbonyl (C=O) groups excluding carboxylic acids is 1. The fourth-order valence-corrected chi connectivity index (χ4v) is 3.53. The first kappa shape index (κ1) is 20.3. The number of para-hydroxylation sites is 1. The van der Waals surface area contributed by atoms with Gasteiger partial charge < -0.3 is 14.0 Å². The van der Waals surface area contributed by atoms with Crippen molar-refractivity contribution in [2.45, 2.75) is 51.2 Å². The Labute approximate surface area is 159 Å². The zero-order valence-corrected chi connectivity index (χ0v) is 16.6. The van der Waals surface area contributed by atoms with E-state index in [1.54, 1.807) is 37.1 Å². The van der Waals surface area contributed by atoms with E-state index in [0.29, 0.717) is 23.7 Å². The van der Waals surface area contributed by atoms with Gasteiger partial charge >= 0.3 is 0 Å². The maximum atomic E-state index is 11.2. The third kappa shape index (κ3) is 5.24. The van der Waals surface area contributed by atoms with E-state index in [-0.39, 0.29) is 0 Å². The van der Waals surface area contributed by atoms with Crippen molar-refractivity contribution >= 4 is 18.0 Å². The predicted octanol–water partition coefficient (Wildman–Crippen LogP) is 4.02. The third-order valence-electron chi connectivity index (χ3n) is 3.99. The number of hydrogen-bond acceptors (Lipinski definition) is 6. The van der Waals surface area contributed by atoms with Gasteiger partial charge in [-0.3, -0.25) is 4.79 Å². The molecule has 2 rings (SSSR count). The fourth-order valence-electron chi connectivity index (χ4n) is 2.60. The number of methoxy groups -OCH3 is 1. The number of hydrogen-bond donors (Lipinski definition) is 0. The van der Waals surface area contributed by atoms with Crippen molar-refractivity contribution in [3.05, 3.63) is 29.6 Å². The predicted molar refractivity (Wildman–Crippen MR) is 104 cm³/mol. The summed E-state index contributed by atoms with van der Waals surface area (Å²) in [5.74, 6) is 3.03. The molecule has 0 N–H and O–H groups in total. The van der Waals surface area contributed by atoms with Gasteiger partial charge in [-0.2, -0.15) is 0 Å². The highest BCUT2D eigenvalue weighted by Crippen LogP contribution is 2.30. The van der Waals surface area contributed by atoms with Crippen molar-refractivity contribution in [3.63, 3.8) is 0 Å². The first-order valence-corrected chi connectivity index (χ1v) is 10.0. The van der Waals surface area contributed by atoms with Crippen LogP contribution in [0.3, 0.4) is 0 Å². The summed E-state index contributed by atoms with van der Waals surface area (Å²) in [6.07, 6.45) is 4.88. The number of aryl methyl sites for hydroxylation is 1. The van der Waals surface area contributed by atoms with E-state index in [1.165, 1.54) is 0 Å². The molecular weight excluding hydrogens is 350 g/mol. The molecule has 1 aromatic carbocycles. The maximum Gasteiger partial charge on any atom is 0.191 e. The van der Waals surface area contributed by atoms with Crippen molar-refractivity contribution in [2.24, 2.45) is 0 Å². The second-order valence-electron chi connectivity index (χ2n) is 5.79. The largest absolute Gasteiger partial charge is 0.493 e. The Morgan fingerprint density at radius 2 is 2.08 bits per heavy atom. The van der Waals surface area contributed by atoms with Gasteiger partial charge in [-0.15, -0.1) is 10.2 Å². The van der Waals surface area contributed by atoms with Gasteiger partial charge in [0.15, 0.2) is 22.9 Å². The van der Waals surface area contributed by atoms with E-state index >= 15 is 0 Å². The lowest BCUT2D eigenvalue weighted by atomic mass is 10.2. The van der Waals surface area contributed by atoms with Crippen molar-refractivity contribution in [1.29, 1.82) is 0 Å².